The third-order valence-corrected chi connectivity index (χ3v) is 11.9. The van der Waals surface area contributed by atoms with E-state index < -0.39 is 0 Å². The van der Waals surface area contributed by atoms with E-state index in [-0.39, 0.29) is 0 Å². The van der Waals surface area contributed by atoms with Crippen molar-refractivity contribution >= 4 is 43.7 Å². The lowest BCUT2D eigenvalue weighted by atomic mass is 9.91. The van der Waals surface area contributed by atoms with Gasteiger partial charge in [-0.25, -0.2) is 15.0 Å². The molecule has 0 aliphatic carbocycles. The van der Waals surface area contributed by atoms with Gasteiger partial charge in [0.05, 0.1) is 11.0 Å². The molecule has 12 aromatic rings. The van der Waals surface area contributed by atoms with Crippen LogP contribution in [0.15, 0.2) is 223 Å². The van der Waals surface area contributed by atoms with Crippen LogP contribution in [-0.4, -0.2) is 19.5 Å². The summed E-state index contributed by atoms with van der Waals surface area (Å²) >= 11 is 0. The second-order valence-corrected chi connectivity index (χ2v) is 15.5. The number of hydrogen-bond acceptors (Lipinski definition) is 4. The van der Waals surface area contributed by atoms with E-state index in [1.165, 1.54) is 10.8 Å². The zero-order chi connectivity index (χ0) is 41.0. The fourth-order valence-electron chi connectivity index (χ4n) is 9.00. The molecule has 0 unspecified atom stereocenters. The minimum atomic E-state index is 0.602. The SMILES string of the molecule is c1ccc(-c2nc(-c3ccccc3)nc(-c3ccc(-n4c5ccccc5c5ccc(-c6cccc7c6oc6ccccc67)cc54)cc3-c3ccccc3-c3ccccc3)n2)cc1. The quantitative estimate of drug-likeness (QED) is 0.161. The lowest BCUT2D eigenvalue weighted by Crippen LogP contribution is -2.02. The Morgan fingerprint density at radius 2 is 0.871 bits per heavy atom. The first kappa shape index (κ1) is 35.5. The van der Waals surface area contributed by atoms with Crippen molar-refractivity contribution in [2.45, 2.75) is 0 Å². The standard InChI is InChI=1S/C57H36N4O/c1-4-17-37(18-5-1)42-23-10-11-24-44(42)50-36-41(32-34-49(50)57-59-55(38-19-6-2-7-20-38)58-56(60-57)39-21-8-3-9-22-39)61-51-29-14-12-25-45(51)46-33-31-40(35-52(46)61)43-27-16-28-48-47-26-13-15-30-53(47)62-54(43)48/h1-36H. The Morgan fingerprint density at radius 3 is 1.61 bits per heavy atom. The second-order valence-electron chi connectivity index (χ2n) is 15.5. The number of fused-ring (bicyclic) bond motifs is 6. The van der Waals surface area contributed by atoms with Gasteiger partial charge in [-0.2, -0.15) is 0 Å². The summed E-state index contributed by atoms with van der Waals surface area (Å²) in [5, 5.41) is 4.59. The Morgan fingerprint density at radius 1 is 0.306 bits per heavy atom. The fraction of sp³-hybridized carbons (Fsp3) is 0. The van der Waals surface area contributed by atoms with Crippen molar-refractivity contribution in [3.63, 3.8) is 0 Å². The Labute approximate surface area is 357 Å². The summed E-state index contributed by atoms with van der Waals surface area (Å²) in [5.41, 5.74) is 14.3. The zero-order valence-corrected chi connectivity index (χ0v) is 33.5. The minimum Gasteiger partial charge on any atom is -0.455 e. The second kappa shape index (κ2) is 14.7. The highest BCUT2D eigenvalue weighted by atomic mass is 16.3. The summed E-state index contributed by atoms with van der Waals surface area (Å²) in [6.07, 6.45) is 0. The van der Waals surface area contributed by atoms with Gasteiger partial charge in [-0.3, -0.25) is 0 Å². The average molecular weight is 793 g/mol. The van der Waals surface area contributed by atoms with E-state index in [0.717, 1.165) is 88.7 Å². The monoisotopic (exact) mass is 792 g/mol. The smallest absolute Gasteiger partial charge is 0.164 e. The molecule has 9 aromatic carbocycles. The number of hydrogen-bond donors (Lipinski definition) is 0. The molecule has 0 aliphatic heterocycles. The van der Waals surface area contributed by atoms with Crippen LogP contribution in [0.25, 0.3) is 117 Å². The molecule has 290 valence electrons. The molecule has 62 heavy (non-hydrogen) atoms. The predicted octanol–water partition coefficient (Wildman–Crippen LogP) is 14.9. The van der Waals surface area contributed by atoms with Crippen molar-refractivity contribution in [2.75, 3.05) is 0 Å². The van der Waals surface area contributed by atoms with Crippen LogP contribution >= 0.6 is 0 Å². The summed E-state index contributed by atoms with van der Waals surface area (Å²) in [6, 6.07) is 76.4. The minimum absolute atomic E-state index is 0.602. The van der Waals surface area contributed by atoms with Crippen molar-refractivity contribution in [2.24, 2.45) is 0 Å². The van der Waals surface area contributed by atoms with Crippen LogP contribution in [0.1, 0.15) is 0 Å². The topological polar surface area (TPSA) is 56.7 Å². The Balaban J connectivity index is 1.12. The molecular weight excluding hydrogens is 757 g/mol. The van der Waals surface area contributed by atoms with Gasteiger partial charge in [-0.05, 0) is 64.2 Å². The number of benzene rings is 9. The van der Waals surface area contributed by atoms with Crippen LogP contribution < -0.4 is 0 Å². The molecule has 0 saturated heterocycles. The van der Waals surface area contributed by atoms with Gasteiger partial charge >= 0.3 is 0 Å². The van der Waals surface area contributed by atoms with Crippen LogP contribution in [0, 0.1) is 0 Å². The van der Waals surface area contributed by atoms with Gasteiger partial charge in [0, 0.05) is 49.5 Å². The van der Waals surface area contributed by atoms with Crippen molar-refractivity contribution in [3.05, 3.63) is 218 Å². The molecule has 0 radical (unpaired) electrons. The molecule has 0 saturated carbocycles. The third kappa shape index (κ3) is 5.98. The maximum atomic E-state index is 6.54. The van der Waals surface area contributed by atoms with E-state index in [2.05, 4.69) is 150 Å². The van der Waals surface area contributed by atoms with Gasteiger partial charge in [0.1, 0.15) is 11.2 Å². The molecule has 0 amide bonds. The largest absolute Gasteiger partial charge is 0.455 e. The predicted molar refractivity (Wildman–Crippen MR) is 254 cm³/mol. The van der Waals surface area contributed by atoms with Crippen LogP contribution in [0.4, 0.5) is 0 Å². The van der Waals surface area contributed by atoms with Crippen molar-refractivity contribution < 1.29 is 4.42 Å². The van der Waals surface area contributed by atoms with Crippen molar-refractivity contribution in [1.29, 1.82) is 0 Å². The normalized spacial score (nSPS) is 11.5. The molecule has 0 bridgehead atoms. The molecule has 0 aliphatic rings. The molecule has 0 spiro atoms. The Hall–Kier alpha value is -8.41. The maximum Gasteiger partial charge on any atom is 0.164 e. The number of rotatable bonds is 7. The molecule has 5 nitrogen and oxygen atoms in total. The first-order valence-corrected chi connectivity index (χ1v) is 20.9. The summed E-state index contributed by atoms with van der Waals surface area (Å²) in [4.78, 5) is 15.5. The third-order valence-electron chi connectivity index (χ3n) is 11.9. The Bertz CT molecular complexity index is 3570. The van der Waals surface area contributed by atoms with Gasteiger partial charge in [-0.1, -0.05) is 182 Å². The zero-order valence-electron chi connectivity index (χ0n) is 33.5. The van der Waals surface area contributed by atoms with E-state index >= 15 is 0 Å². The van der Waals surface area contributed by atoms with Gasteiger partial charge < -0.3 is 8.98 Å². The van der Waals surface area contributed by atoms with Crippen LogP contribution in [0.2, 0.25) is 0 Å². The first-order chi connectivity index (χ1) is 30.7. The lowest BCUT2D eigenvalue weighted by molar-refractivity contribution is 0.670. The summed E-state index contributed by atoms with van der Waals surface area (Å²) in [5.74, 6) is 1.84. The highest BCUT2D eigenvalue weighted by molar-refractivity contribution is 6.13. The van der Waals surface area contributed by atoms with Crippen molar-refractivity contribution in [1.82, 2.24) is 19.5 Å². The number of para-hydroxylation sites is 3. The highest BCUT2D eigenvalue weighted by Gasteiger charge is 2.21. The lowest BCUT2D eigenvalue weighted by Gasteiger charge is -2.18. The van der Waals surface area contributed by atoms with Gasteiger partial charge in [0.25, 0.3) is 0 Å². The average Bonchev–Trinajstić information content (AvgIpc) is 3.90. The van der Waals surface area contributed by atoms with E-state index in [0.29, 0.717) is 17.5 Å². The van der Waals surface area contributed by atoms with E-state index in [4.69, 9.17) is 19.4 Å². The van der Waals surface area contributed by atoms with Gasteiger partial charge in [-0.15, -0.1) is 0 Å². The number of nitrogens with zero attached hydrogens (tertiary/aromatic N) is 4. The van der Waals surface area contributed by atoms with Crippen LogP contribution in [-0.2, 0) is 0 Å². The summed E-state index contributed by atoms with van der Waals surface area (Å²) in [6.45, 7) is 0. The molecule has 0 N–H and O–H groups in total. The molecule has 0 atom stereocenters. The van der Waals surface area contributed by atoms with E-state index in [1.807, 2.05) is 72.8 Å². The van der Waals surface area contributed by atoms with Gasteiger partial charge in [0.15, 0.2) is 17.5 Å². The molecule has 3 heterocycles. The molecule has 3 aromatic heterocycles. The van der Waals surface area contributed by atoms with Crippen LogP contribution in [0.3, 0.4) is 0 Å². The fourth-order valence-corrected chi connectivity index (χ4v) is 9.00. The molecule has 12 rings (SSSR count). The van der Waals surface area contributed by atoms with E-state index in [9.17, 15) is 0 Å². The summed E-state index contributed by atoms with van der Waals surface area (Å²) < 4.78 is 8.93. The maximum absolute atomic E-state index is 6.54. The van der Waals surface area contributed by atoms with Gasteiger partial charge in [0.2, 0.25) is 0 Å². The van der Waals surface area contributed by atoms with E-state index in [1.54, 1.807) is 0 Å². The molecule has 0 fully saturated rings. The number of furan rings is 1. The molecular formula is C57H36N4O. The van der Waals surface area contributed by atoms with Crippen molar-refractivity contribution in [3.8, 4) is 73.2 Å². The number of aromatic nitrogens is 4. The highest BCUT2D eigenvalue weighted by Crippen LogP contribution is 2.43. The first-order valence-electron chi connectivity index (χ1n) is 20.9. The molecule has 5 heteroatoms. The Kier molecular flexibility index (Phi) is 8.42. The summed E-state index contributed by atoms with van der Waals surface area (Å²) in [7, 11) is 0. The van der Waals surface area contributed by atoms with Crippen LogP contribution in [0.5, 0.6) is 0 Å².